The third kappa shape index (κ3) is 2.10. The van der Waals surface area contributed by atoms with Crippen LogP contribution < -0.4 is 10.3 Å². The Morgan fingerprint density at radius 1 is 1.45 bits per heavy atom. The second kappa shape index (κ2) is 5.09. The van der Waals surface area contributed by atoms with Crippen molar-refractivity contribution < 1.29 is 9.90 Å². The van der Waals surface area contributed by atoms with Crippen LogP contribution in [0, 0.1) is 0 Å². The number of aliphatic hydroxyl groups is 1. The zero-order chi connectivity index (χ0) is 15.4. The maximum absolute atomic E-state index is 12.3. The number of thiophene rings is 1. The van der Waals surface area contributed by atoms with E-state index < -0.39 is 0 Å². The molecular weight excluding hydrogens is 322 g/mol. The minimum atomic E-state index is -0.318. The van der Waals surface area contributed by atoms with Gasteiger partial charge in [-0.1, -0.05) is 11.6 Å². The fourth-order valence-corrected chi connectivity index (χ4v) is 4.50. The summed E-state index contributed by atoms with van der Waals surface area (Å²) >= 11 is 7.63. The standard InChI is InChI=1S/C15H16ClN3O2S/c1-8-17-15(21)14-13(19(8)18-5-4-10(20)7-18)11-6-9(16)2-3-12(11)22-14/h2-3,6,8,10,20H,4-5,7H2,1H3,(H,17,21)/t8?,10-/m0/s1. The van der Waals surface area contributed by atoms with Gasteiger partial charge in [-0.3, -0.25) is 9.80 Å². The Hall–Kier alpha value is -1.34. The van der Waals surface area contributed by atoms with Crippen LogP contribution in [0.1, 0.15) is 23.0 Å². The Labute approximate surface area is 137 Å². The number of nitrogens with one attached hydrogen (secondary N) is 1. The molecule has 0 radical (unpaired) electrons. The number of nitrogens with zero attached hydrogens (tertiary/aromatic N) is 2. The van der Waals surface area contributed by atoms with Gasteiger partial charge in [0.15, 0.2) is 0 Å². The molecule has 2 aliphatic heterocycles. The lowest BCUT2D eigenvalue weighted by Gasteiger charge is -2.41. The van der Waals surface area contributed by atoms with Gasteiger partial charge in [-0.05, 0) is 31.5 Å². The molecule has 0 aliphatic carbocycles. The first-order chi connectivity index (χ1) is 10.5. The number of amides is 1. The van der Waals surface area contributed by atoms with Gasteiger partial charge in [0.1, 0.15) is 11.0 Å². The van der Waals surface area contributed by atoms with E-state index in [9.17, 15) is 9.90 Å². The second-order valence-electron chi connectivity index (χ2n) is 5.77. The zero-order valence-corrected chi connectivity index (χ0v) is 13.6. The number of hydrogen-bond donors (Lipinski definition) is 2. The Kier molecular flexibility index (Phi) is 3.30. The van der Waals surface area contributed by atoms with Crippen LogP contribution in [0.25, 0.3) is 10.1 Å². The summed E-state index contributed by atoms with van der Waals surface area (Å²) in [6.45, 7) is 3.32. The van der Waals surface area contributed by atoms with Gasteiger partial charge in [-0.2, -0.15) is 0 Å². The molecule has 1 saturated heterocycles. The van der Waals surface area contributed by atoms with Crippen LogP contribution in [0.5, 0.6) is 0 Å². The molecule has 1 aromatic carbocycles. The number of halogens is 1. The molecule has 1 unspecified atom stereocenters. The van der Waals surface area contributed by atoms with Gasteiger partial charge < -0.3 is 10.4 Å². The van der Waals surface area contributed by atoms with Crippen LogP contribution in [0.2, 0.25) is 5.02 Å². The minimum Gasteiger partial charge on any atom is -0.392 e. The molecule has 0 spiro atoms. The number of benzene rings is 1. The first kappa shape index (κ1) is 14.3. The highest BCUT2D eigenvalue weighted by atomic mass is 35.5. The number of carbonyl (C=O) groups is 1. The van der Waals surface area contributed by atoms with E-state index in [-0.39, 0.29) is 18.2 Å². The quantitative estimate of drug-likeness (QED) is 0.839. The van der Waals surface area contributed by atoms with E-state index in [1.54, 1.807) is 0 Å². The first-order valence-electron chi connectivity index (χ1n) is 7.29. The number of hydrazine groups is 1. The normalized spacial score (nSPS) is 25.6. The Balaban J connectivity index is 1.91. The van der Waals surface area contributed by atoms with E-state index >= 15 is 0 Å². The zero-order valence-electron chi connectivity index (χ0n) is 12.0. The third-order valence-corrected chi connectivity index (χ3v) is 5.61. The average Bonchev–Trinajstić information content (AvgIpc) is 3.04. The Bertz CT molecular complexity index is 763. The predicted molar refractivity (Wildman–Crippen MR) is 88.4 cm³/mol. The molecule has 1 aromatic heterocycles. The van der Waals surface area contributed by atoms with E-state index in [1.807, 2.05) is 25.1 Å². The lowest BCUT2D eigenvalue weighted by Crippen LogP contribution is -2.57. The fourth-order valence-electron chi connectivity index (χ4n) is 3.25. The Morgan fingerprint density at radius 3 is 3.00 bits per heavy atom. The molecule has 2 aliphatic rings. The first-order valence-corrected chi connectivity index (χ1v) is 8.49. The van der Waals surface area contributed by atoms with Gasteiger partial charge in [-0.25, -0.2) is 5.01 Å². The summed E-state index contributed by atoms with van der Waals surface area (Å²) in [5, 5.41) is 18.7. The molecule has 0 bridgehead atoms. The number of carbonyl (C=O) groups excluding carboxylic acids is 1. The van der Waals surface area contributed by atoms with E-state index in [0.29, 0.717) is 16.4 Å². The van der Waals surface area contributed by atoms with Gasteiger partial charge >= 0.3 is 0 Å². The van der Waals surface area contributed by atoms with Crippen molar-refractivity contribution in [3.63, 3.8) is 0 Å². The third-order valence-electron chi connectivity index (χ3n) is 4.21. The number of hydrogen-bond acceptors (Lipinski definition) is 5. The largest absolute Gasteiger partial charge is 0.392 e. The summed E-state index contributed by atoms with van der Waals surface area (Å²) in [6.07, 6.45) is 0.277. The van der Waals surface area contributed by atoms with Gasteiger partial charge in [0.05, 0.1) is 11.8 Å². The summed E-state index contributed by atoms with van der Waals surface area (Å²) in [5.41, 5.74) is 0.910. The highest BCUT2D eigenvalue weighted by molar-refractivity contribution is 7.21. The van der Waals surface area contributed by atoms with Crippen molar-refractivity contribution in [1.29, 1.82) is 0 Å². The Morgan fingerprint density at radius 2 is 2.27 bits per heavy atom. The number of fused-ring (bicyclic) bond motifs is 3. The van der Waals surface area contributed by atoms with Crippen molar-refractivity contribution in [2.45, 2.75) is 25.6 Å². The van der Waals surface area contributed by atoms with Crippen molar-refractivity contribution in [3.05, 3.63) is 28.1 Å². The van der Waals surface area contributed by atoms with Crippen LogP contribution in [-0.2, 0) is 0 Å². The van der Waals surface area contributed by atoms with Gasteiger partial charge in [0.2, 0.25) is 0 Å². The van der Waals surface area contributed by atoms with E-state index in [0.717, 1.165) is 28.7 Å². The van der Waals surface area contributed by atoms with Crippen molar-refractivity contribution in [1.82, 2.24) is 10.3 Å². The van der Waals surface area contributed by atoms with Crippen LogP contribution in [-0.4, -0.2) is 41.4 Å². The van der Waals surface area contributed by atoms with E-state index in [4.69, 9.17) is 11.6 Å². The van der Waals surface area contributed by atoms with Crippen LogP contribution >= 0.6 is 22.9 Å². The second-order valence-corrected chi connectivity index (χ2v) is 7.26. The smallest absolute Gasteiger partial charge is 0.265 e. The molecular formula is C15H16ClN3O2S. The molecule has 116 valence electrons. The average molecular weight is 338 g/mol. The van der Waals surface area contributed by atoms with Crippen LogP contribution in [0.4, 0.5) is 5.69 Å². The minimum absolute atomic E-state index is 0.0455. The molecule has 22 heavy (non-hydrogen) atoms. The van der Waals surface area contributed by atoms with Crippen LogP contribution in [0.3, 0.4) is 0 Å². The highest BCUT2D eigenvalue weighted by Gasteiger charge is 2.37. The monoisotopic (exact) mass is 337 g/mol. The topological polar surface area (TPSA) is 55.8 Å². The van der Waals surface area contributed by atoms with Crippen molar-refractivity contribution in [2.24, 2.45) is 0 Å². The molecule has 1 amide bonds. The summed E-state index contributed by atoms with van der Waals surface area (Å²) in [5.74, 6) is -0.0455. The van der Waals surface area contributed by atoms with Crippen molar-refractivity contribution in [2.75, 3.05) is 18.1 Å². The fraction of sp³-hybridized carbons (Fsp3) is 0.400. The number of anilines is 1. The molecule has 2 atom stereocenters. The summed E-state index contributed by atoms with van der Waals surface area (Å²) in [6, 6.07) is 5.71. The molecule has 5 nitrogen and oxygen atoms in total. The summed E-state index contributed by atoms with van der Waals surface area (Å²) < 4.78 is 1.04. The lowest BCUT2D eigenvalue weighted by molar-refractivity contribution is 0.0909. The molecule has 2 N–H and O–H groups in total. The highest BCUT2D eigenvalue weighted by Crippen LogP contribution is 2.43. The maximum Gasteiger partial charge on any atom is 0.265 e. The van der Waals surface area contributed by atoms with Gasteiger partial charge in [0, 0.05) is 28.2 Å². The lowest BCUT2D eigenvalue weighted by atomic mass is 10.1. The number of β-amino-alcohol motifs (C(OH)–C–C–N with tert-alkyl or cyclic N) is 1. The summed E-state index contributed by atoms with van der Waals surface area (Å²) in [7, 11) is 0. The predicted octanol–water partition coefficient (Wildman–Crippen LogP) is 2.43. The SMILES string of the molecule is CC1NC(=O)c2sc3ccc(Cl)cc3c2N1N1CC[C@H](O)C1. The summed E-state index contributed by atoms with van der Waals surface area (Å²) in [4.78, 5) is 13.1. The van der Waals surface area contributed by atoms with Crippen molar-refractivity contribution in [3.8, 4) is 0 Å². The van der Waals surface area contributed by atoms with Gasteiger partial charge in [-0.15, -0.1) is 11.3 Å². The molecule has 0 saturated carbocycles. The molecule has 3 heterocycles. The number of aliphatic hydroxyl groups excluding tert-OH is 1. The number of rotatable bonds is 1. The maximum atomic E-state index is 12.3. The van der Waals surface area contributed by atoms with Crippen molar-refractivity contribution >= 4 is 44.6 Å². The van der Waals surface area contributed by atoms with Gasteiger partial charge in [0.25, 0.3) is 5.91 Å². The van der Waals surface area contributed by atoms with E-state index in [2.05, 4.69) is 15.3 Å². The molecule has 2 aromatic rings. The van der Waals surface area contributed by atoms with E-state index in [1.165, 1.54) is 11.3 Å². The molecule has 4 rings (SSSR count). The van der Waals surface area contributed by atoms with Crippen LogP contribution in [0.15, 0.2) is 18.2 Å². The molecule has 1 fully saturated rings. The molecule has 7 heteroatoms.